The molecule has 84 valence electrons. The first kappa shape index (κ1) is 12.8. The Morgan fingerprint density at radius 1 is 1.27 bits per heavy atom. The molecular weight excluding hydrogens is 268 g/mol. The van der Waals surface area contributed by atoms with Crippen LogP contribution in [0.15, 0.2) is 24.3 Å². The molecule has 0 amide bonds. The minimum Gasteiger partial charge on any atom is -0.436 e. The molecule has 1 aromatic rings. The van der Waals surface area contributed by atoms with Gasteiger partial charge in [-0.05, 0) is 36.1 Å². The van der Waals surface area contributed by atoms with E-state index in [2.05, 4.69) is 24.1 Å². The fourth-order valence-electron chi connectivity index (χ4n) is 0.842. The first-order valence-corrected chi connectivity index (χ1v) is 7.43. The molecule has 1 N–H and O–H groups in total. The summed E-state index contributed by atoms with van der Waals surface area (Å²) in [4.78, 5) is 9.05. The summed E-state index contributed by atoms with van der Waals surface area (Å²) in [5, 5.41) is 0. The van der Waals surface area contributed by atoms with Crippen LogP contribution in [-0.4, -0.2) is 4.89 Å². The zero-order valence-electron chi connectivity index (χ0n) is 7.10. The van der Waals surface area contributed by atoms with Crippen molar-refractivity contribution in [1.29, 1.82) is 0 Å². The molecule has 0 fully saturated rings. The lowest BCUT2D eigenvalue weighted by atomic mass is 10.2. The zero-order valence-corrected chi connectivity index (χ0v) is 9.71. The van der Waals surface area contributed by atoms with E-state index in [-0.39, 0.29) is 5.75 Å². The molecule has 0 bridgehead atoms. The van der Waals surface area contributed by atoms with Gasteiger partial charge in [0.05, 0.1) is 5.56 Å². The van der Waals surface area contributed by atoms with Crippen molar-refractivity contribution in [3.63, 3.8) is 0 Å². The van der Waals surface area contributed by atoms with Crippen LogP contribution in [-0.2, 0) is 18.0 Å². The molecule has 1 aromatic carbocycles. The predicted octanol–water partition coefficient (Wildman–Crippen LogP) is 3.23. The SMILES string of the molecule is OP(=S)(S)Oc1ccc(C(F)(F)F)cc1. The van der Waals surface area contributed by atoms with E-state index in [0.29, 0.717) is 0 Å². The third kappa shape index (κ3) is 4.42. The average molecular weight is 274 g/mol. The highest BCUT2D eigenvalue weighted by molar-refractivity contribution is 8.59. The minimum atomic E-state index is -4.39. The number of alkyl halides is 3. The zero-order chi connectivity index (χ0) is 11.7. The fourth-order valence-corrected chi connectivity index (χ4v) is 1.78. The Kier molecular flexibility index (Phi) is 3.71. The van der Waals surface area contributed by atoms with Gasteiger partial charge in [-0.2, -0.15) is 13.2 Å². The number of benzene rings is 1. The fraction of sp³-hybridized carbons (Fsp3) is 0.143. The molecule has 1 atom stereocenters. The Morgan fingerprint density at radius 2 is 1.73 bits per heavy atom. The molecule has 8 heteroatoms. The normalized spacial score (nSPS) is 15.8. The van der Waals surface area contributed by atoms with E-state index >= 15 is 0 Å². The van der Waals surface area contributed by atoms with E-state index in [9.17, 15) is 13.2 Å². The van der Waals surface area contributed by atoms with Gasteiger partial charge in [0.25, 0.3) is 5.69 Å². The molecule has 0 saturated heterocycles. The van der Waals surface area contributed by atoms with Gasteiger partial charge >= 0.3 is 6.18 Å². The molecule has 0 spiro atoms. The second-order valence-corrected chi connectivity index (χ2v) is 7.69. The first-order valence-electron chi connectivity index (χ1n) is 3.61. The largest absolute Gasteiger partial charge is 0.436 e. The van der Waals surface area contributed by atoms with E-state index in [1.807, 2.05) is 0 Å². The Morgan fingerprint density at radius 3 is 2.07 bits per heavy atom. The summed E-state index contributed by atoms with van der Waals surface area (Å²) in [5.41, 5.74) is -3.99. The molecular formula is C7H6F3O2PS2. The molecule has 0 heterocycles. The molecule has 0 radical (unpaired) electrons. The van der Waals surface area contributed by atoms with E-state index < -0.39 is 17.4 Å². The lowest BCUT2D eigenvalue weighted by Crippen LogP contribution is -2.04. The van der Waals surface area contributed by atoms with Gasteiger partial charge < -0.3 is 9.42 Å². The van der Waals surface area contributed by atoms with Crippen LogP contribution < -0.4 is 4.52 Å². The summed E-state index contributed by atoms with van der Waals surface area (Å²) in [6.07, 6.45) is -4.39. The van der Waals surface area contributed by atoms with Crippen LogP contribution in [0.2, 0.25) is 0 Å². The third-order valence-corrected chi connectivity index (χ3v) is 2.32. The minimum absolute atomic E-state index is 0.0591. The smallest absolute Gasteiger partial charge is 0.416 e. The molecule has 0 aromatic heterocycles. The second-order valence-electron chi connectivity index (χ2n) is 2.60. The number of hydrogen-bond donors (Lipinski definition) is 2. The van der Waals surface area contributed by atoms with Crippen LogP contribution in [0.25, 0.3) is 0 Å². The van der Waals surface area contributed by atoms with Crippen molar-refractivity contribution in [1.82, 2.24) is 0 Å². The summed E-state index contributed by atoms with van der Waals surface area (Å²) in [6.45, 7) is 0. The first-order chi connectivity index (χ1) is 6.68. The van der Waals surface area contributed by atoms with Crippen LogP contribution in [0, 0.1) is 0 Å². The van der Waals surface area contributed by atoms with Crippen LogP contribution in [0.1, 0.15) is 5.56 Å². The predicted molar refractivity (Wildman–Crippen MR) is 57.6 cm³/mol. The van der Waals surface area contributed by atoms with Gasteiger partial charge in [0.1, 0.15) is 5.75 Å². The highest BCUT2D eigenvalue weighted by Gasteiger charge is 2.30. The molecule has 15 heavy (non-hydrogen) atoms. The van der Waals surface area contributed by atoms with Gasteiger partial charge in [0.15, 0.2) is 0 Å². The summed E-state index contributed by atoms with van der Waals surface area (Å²) in [7, 11) is 0. The standard InChI is InChI=1S/C7H6F3O2PS2/c8-7(9,10)5-1-3-6(4-2-5)12-13(11,14)15/h1-4H,(H2,11,14,15). The van der Waals surface area contributed by atoms with Crippen molar-refractivity contribution in [3.8, 4) is 5.75 Å². The van der Waals surface area contributed by atoms with E-state index in [4.69, 9.17) is 9.42 Å². The Bertz CT molecular complexity index is 384. The third-order valence-electron chi connectivity index (χ3n) is 1.41. The summed E-state index contributed by atoms with van der Waals surface area (Å²) < 4.78 is 41.2. The van der Waals surface area contributed by atoms with E-state index in [1.165, 1.54) is 0 Å². The lowest BCUT2D eigenvalue weighted by Gasteiger charge is -2.11. The Labute approximate surface area is 94.4 Å². The van der Waals surface area contributed by atoms with Gasteiger partial charge in [-0.1, -0.05) is 12.2 Å². The molecule has 0 saturated carbocycles. The van der Waals surface area contributed by atoms with Gasteiger partial charge in [0.2, 0.25) is 0 Å². The van der Waals surface area contributed by atoms with E-state index in [0.717, 1.165) is 24.3 Å². The summed E-state index contributed by atoms with van der Waals surface area (Å²) >= 11 is 8.05. The number of rotatable bonds is 2. The monoisotopic (exact) mass is 274 g/mol. The molecule has 1 rings (SSSR count). The Balaban J connectivity index is 2.87. The van der Waals surface area contributed by atoms with Gasteiger partial charge in [-0.15, -0.1) is 0 Å². The number of halogens is 3. The van der Waals surface area contributed by atoms with Crippen LogP contribution >= 0.6 is 17.9 Å². The van der Waals surface area contributed by atoms with Crippen molar-refractivity contribution in [2.24, 2.45) is 0 Å². The summed E-state index contributed by atoms with van der Waals surface area (Å²) in [6, 6.07) is 3.84. The van der Waals surface area contributed by atoms with E-state index in [1.54, 1.807) is 0 Å². The second kappa shape index (κ2) is 4.33. The Hall–Kier alpha value is -0.230. The maximum Gasteiger partial charge on any atom is 0.416 e. The average Bonchev–Trinajstić information content (AvgIpc) is 2.00. The lowest BCUT2D eigenvalue weighted by molar-refractivity contribution is -0.137. The van der Waals surface area contributed by atoms with Crippen molar-refractivity contribution in [3.05, 3.63) is 29.8 Å². The number of thiol groups is 1. The molecule has 0 aliphatic rings. The molecule has 2 nitrogen and oxygen atoms in total. The summed E-state index contributed by atoms with van der Waals surface area (Å²) in [5.74, 6) is 0.0591. The quantitative estimate of drug-likeness (QED) is 0.641. The molecule has 0 aliphatic heterocycles. The van der Waals surface area contributed by atoms with Crippen LogP contribution in [0.4, 0.5) is 13.2 Å². The highest BCUT2D eigenvalue weighted by Crippen LogP contribution is 2.47. The van der Waals surface area contributed by atoms with Gasteiger partial charge in [-0.25, -0.2) is 0 Å². The topological polar surface area (TPSA) is 29.5 Å². The van der Waals surface area contributed by atoms with Gasteiger partial charge in [0, 0.05) is 0 Å². The number of hydrogen-bond acceptors (Lipinski definition) is 2. The molecule has 0 aliphatic carbocycles. The van der Waals surface area contributed by atoms with Crippen molar-refractivity contribution in [2.75, 3.05) is 0 Å². The molecule has 1 unspecified atom stereocenters. The van der Waals surface area contributed by atoms with Crippen molar-refractivity contribution in [2.45, 2.75) is 6.18 Å². The van der Waals surface area contributed by atoms with Gasteiger partial charge in [-0.3, -0.25) is 0 Å². The van der Waals surface area contributed by atoms with Crippen molar-refractivity contribution < 1.29 is 22.6 Å². The maximum atomic E-state index is 12.1. The highest BCUT2D eigenvalue weighted by atomic mass is 32.9. The van der Waals surface area contributed by atoms with Crippen LogP contribution in [0.3, 0.4) is 0 Å². The maximum absolute atomic E-state index is 12.1. The van der Waals surface area contributed by atoms with Crippen molar-refractivity contribution >= 4 is 29.7 Å². The van der Waals surface area contributed by atoms with Crippen LogP contribution in [0.5, 0.6) is 5.75 Å².